The van der Waals surface area contributed by atoms with E-state index in [4.69, 9.17) is 23.7 Å². The molecule has 3 fully saturated rings. The van der Waals surface area contributed by atoms with Crippen molar-refractivity contribution in [3.63, 3.8) is 0 Å². The maximum Gasteiger partial charge on any atom is 0.416 e. The van der Waals surface area contributed by atoms with Gasteiger partial charge in [-0.1, -0.05) is 18.6 Å². The van der Waals surface area contributed by atoms with Crippen LogP contribution in [0.15, 0.2) is 18.2 Å². The molecule has 0 amide bonds. The van der Waals surface area contributed by atoms with Crippen molar-refractivity contribution >= 4 is 11.9 Å². The fourth-order valence-electron chi connectivity index (χ4n) is 3.72. The minimum absolute atomic E-state index is 0.180. The number of hydrogen-bond acceptors (Lipinski definition) is 7. The van der Waals surface area contributed by atoms with Crippen molar-refractivity contribution in [3.8, 4) is 0 Å². The lowest BCUT2D eigenvalue weighted by Gasteiger charge is -2.24. The van der Waals surface area contributed by atoms with E-state index in [9.17, 15) is 22.8 Å². The lowest BCUT2D eigenvalue weighted by molar-refractivity contribution is -0.188. The highest BCUT2D eigenvalue weighted by Crippen LogP contribution is 2.45. The van der Waals surface area contributed by atoms with Crippen molar-refractivity contribution in [1.82, 2.24) is 0 Å². The highest BCUT2D eigenvalue weighted by Gasteiger charge is 2.63. The Hall–Kier alpha value is -2.17. The number of alkyl halides is 3. The van der Waals surface area contributed by atoms with Gasteiger partial charge in [0.1, 0.15) is 6.10 Å². The van der Waals surface area contributed by atoms with E-state index in [1.54, 1.807) is 13.8 Å². The van der Waals surface area contributed by atoms with Gasteiger partial charge in [0.15, 0.2) is 24.8 Å². The Labute approximate surface area is 176 Å². The van der Waals surface area contributed by atoms with E-state index < -0.39 is 66.1 Å². The lowest BCUT2D eigenvalue weighted by atomic mass is 9.90. The van der Waals surface area contributed by atoms with Crippen molar-refractivity contribution in [3.05, 3.63) is 34.9 Å². The molecule has 1 unspecified atom stereocenters. The second-order valence-corrected chi connectivity index (χ2v) is 8.63. The molecule has 10 heteroatoms. The van der Waals surface area contributed by atoms with Crippen LogP contribution in [0.1, 0.15) is 50.2 Å². The molecule has 3 aliphatic rings. The summed E-state index contributed by atoms with van der Waals surface area (Å²) in [6.45, 7) is 6.76. The number of hydrogen-bond donors (Lipinski definition) is 0. The van der Waals surface area contributed by atoms with E-state index in [0.29, 0.717) is 12.0 Å². The third-order valence-electron chi connectivity index (χ3n) is 5.90. The standard InChI is InChI=1S/C21H23F3O7/c1-5-20(3,4)19(26)30-14-12-13(27-16(14)25)15-18(28-12)31-17(29-15)10-6-9(2)7-11(8-10)21(22,23)24/h6-8,12-15,17-18H,5H2,1-4H3/t12-,13-,14-,15+,17?,18+/m0/s1. The number of carbonyl (C=O) groups is 2. The topological polar surface area (TPSA) is 80.3 Å². The molecule has 0 radical (unpaired) electrons. The molecule has 7 nitrogen and oxygen atoms in total. The highest BCUT2D eigenvalue weighted by molar-refractivity contribution is 5.84. The smallest absolute Gasteiger partial charge is 0.416 e. The molecular formula is C21H23F3O7. The summed E-state index contributed by atoms with van der Waals surface area (Å²) in [5, 5.41) is 0. The Morgan fingerprint density at radius 1 is 1.06 bits per heavy atom. The van der Waals surface area contributed by atoms with Crippen LogP contribution in [0.4, 0.5) is 13.2 Å². The molecule has 0 aromatic heterocycles. The van der Waals surface area contributed by atoms with E-state index in [1.807, 2.05) is 6.92 Å². The molecule has 170 valence electrons. The molecule has 1 aromatic carbocycles. The first kappa shape index (κ1) is 22.0. The predicted octanol–water partition coefficient (Wildman–Crippen LogP) is 3.43. The average molecular weight is 444 g/mol. The quantitative estimate of drug-likeness (QED) is 0.659. The van der Waals surface area contributed by atoms with Crippen LogP contribution in [0.2, 0.25) is 0 Å². The minimum Gasteiger partial charge on any atom is -0.454 e. The Morgan fingerprint density at radius 3 is 2.42 bits per heavy atom. The van der Waals surface area contributed by atoms with Gasteiger partial charge in [0.05, 0.1) is 11.0 Å². The van der Waals surface area contributed by atoms with Crippen LogP contribution in [-0.2, 0) is 39.4 Å². The van der Waals surface area contributed by atoms with Crippen molar-refractivity contribution < 1.29 is 46.4 Å². The SMILES string of the molecule is CCC(C)(C)C(=O)O[C@@H]1C(=O)O[C@@H]2[C@H]3OC(c4cc(C)cc(C(F)(F)F)c4)O[C@H]3O[C@@H]21. The fourth-order valence-corrected chi connectivity index (χ4v) is 3.72. The van der Waals surface area contributed by atoms with Gasteiger partial charge in [0.2, 0.25) is 6.10 Å². The molecule has 3 heterocycles. The molecule has 3 aliphatic heterocycles. The maximum atomic E-state index is 13.1. The fraction of sp³-hybridized carbons (Fsp3) is 0.619. The Bertz CT molecular complexity index is 897. The van der Waals surface area contributed by atoms with Gasteiger partial charge in [-0.3, -0.25) is 4.79 Å². The zero-order valence-corrected chi connectivity index (χ0v) is 17.4. The van der Waals surface area contributed by atoms with Gasteiger partial charge in [-0.15, -0.1) is 0 Å². The van der Waals surface area contributed by atoms with Crippen molar-refractivity contribution in [2.75, 3.05) is 0 Å². The van der Waals surface area contributed by atoms with E-state index in [2.05, 4.69) is 0 Å². The normalized spacial score (nSPS) is 32.5. The Kier molecular flexibility index (Phi) is 5.30. The van der Waals surface area contributed by atoms with E-state index in [-0.39, 0.29) is 5.56 Å². The van der Waals surface area contributed by atoms with Crippen LogP contribution in [0.3, 0.4) is 0 Å². The van der Waals surface area contributed by atoms with Gasteiger partial charge >= 0.3 is 18.1 Å². The van der Waals surface area contributed by atoms with Crippen LogP contribution in [0.25, 0.3) is 0 Å². The molecule has 0 spiro atoms. The Balaban J connectivity index is 1.48. The Morgan fingerprint density at radius 2 is 1.77 bits per heavy atom. The number of carbonyl (C=O) groups excluding carboxylic acids is 2. The summed E-state index contributed by atoms with van der Waals surface area (Å²) < 4.78 is 67.2. The number of esters is 2. The van der Waals surface area contributed by atoms with Gasteiger partial charge in [0, 0.05) is 5.56 Å². The van der Waals surface area contributed by atoms with Crippen molar-refractivity contribution in [1.29, 1.82) is 0 Å². The molecule has 6 atom stereocenters. The van der Waals surface area contributed by atoms with E-state index in [1.165, 1.54) is 13.0 Å². The lowest BCUT2D eigenvalue weighted by Crippen LogP contribution is -2.39. The predicted molar refractivity (Wildman–Crippen MR) is 97.4 cm³/mol. The number of aryl methyl sites for hydroxylation is 1. The largest absolute Gasteiger partial charge is 0.454 e. The van der Waals surface area contributed by atoms with Gasteiger partial charge in [0.25, 0.3) is 0 Å². The summed E-state index contributed by atoms with van der Waals surface area (Å²) in [7, 11) is 0. The van der Waals surface area contributed by atoms with Crippen LogP contribution < -0.4 is 0 Å². The van der Waals surface area contributed by atoms with Crippen molar-refractivity contribution in [2.24, 2.45) is 5.41 Å². The van der Waals surface area contributed by atoms with Gasteiger partial charge in [-0.25, -0.2) is 4.79 Å². The first-order valence-corrected chi connectivity index (χ1v) is 9.97. The zero-order valence-electron chi connectivity index (χ0n) is 17.4. The zero-order chi connectivity index (χ0) is 22.7. The molecule has 0 aliphatic carbocycles. The van der Waals surface area contributed by atoms with Crippen molar-refractivity contribution in [2.45, 2.75) is 77.3 Å². The number of halogens is 3. The van der Waals surface area contributed by atoms with E-state index in [0.717, 1.165) is 12.1 Å². The van der Waals surface area contributed by atoms with Crippen LogP contribution in [0, 0.1) is 12.3 Å². The van der Waals surface area contributed by atoms with Crippen LogP contribution >= 0.6 is 0 Å². The highest BCUT2D eigenvalue weighted by atomic mass is 19.4. The summed E-state index contributed by atoms with van der Waals surface area (Å²) in [6, 6.07) is 3.51. The monoisotopic (exact) mass is 444 g/mol. The number of rotatable bonds is 4. The molecule has 31 heavy (non-hydrogen) atoms. The molecule has 1 aromatic rings. The third-order valence-corrected chi connectivity index (χ3v) is 5.90. The number of ether oxygens (including phenoxy) is 5. The molecule has 0 N–H and O–H groups in total. The summed E-state index contributed by atoms with van der Waals surface area (Å²) in [4.78, 5) is 24.7. The molecule has 4 rings (SSSR count). The second-order valence-electron chi connectivity index (χ2n) is 8.63. The summed E-state index contributed by atoms with van der Waals surface area (Å²) in [6.07, 6.45) is -9.99. The summed E-state index contributed by atoms with van der Waals surface area (Å²) in [5.41, 5.74) is -1.03. The molecular weight excluding hydrogens is 421 g/mol. The first-order chi connectivity index (χ1) is 14.4. The number of benzene rings is 1. The summed E-state index contributed by atoms with van der Waals surface area (Å²) in [5.74, 6) is -1.31. The van der Waals surface area contributed by atoms with Gasteiger partial charge < -0.3 is 23.7 Å². The van der Waals surface area contributed by atoms with Crippen LogP contribution in [0.5, 0.6) is 0 Å². The molecule has 0 bridgehead atoms. The minimum atomic E-state index is -4.51. The third kappa shape index (κ3) is 3.92. The maximum absolute atomic E-state index is 13.1. The van der Waals surface area contributed by atoms with Crippen LogP contribution in [-0.4, -0.2) is 42.6 Å². The number of fused-ring (bicyclic) bond motifs is 3. The van der Waals surface area contributed by atoms with Gasteiger partial charge in [-0.2, -0.15) is 13.2 Å². The van der Waals surface area contributed by atoms with E-state index >= 15 is 0 Å². The molecule has 3 saturated heterocycles. The van der Waals surface area contributed by atoms with Gasteiger partial charge in [-0.05, 0) is 39.3 Å². The first-order valence-electron chi connectivity index (χ1n) is 9.97. The molecule has 0 saturated carbocycles. The summed E-state index contributed by atoms with van der Waals surface area (Å²) >= 11 is 0. The second kappa shape index (κ2) is 7.46. The average Bonchev–Trinajstić information content (AvgIpc) is 3.31.